The van der Waals surface area contributed by atoms with Gasteiger partial charge in [0.2, 0.25) is 0 Å². The third-order valence-electron chi connectivity index (χ3n) is 0.715. The van der Waals surface area contributed by atoms with E-state index in [0.29, 0.717) is 0 Å². The van der Waals surface area contributed by atoms with Gasteiger partial charge in [0.1, 0.15) is 12.2 Å². The molecule has 0 aliphatic heterocycles. The Bertz CT molecular complexity index is 314. The minimum atomic E-state index is -1.23. The van der Waals surface area contributed by atoms with Crippen molar-refractivity contribution in [2.45, 2.75) is 46.8 Å². The third kappa shape index (κ3) is 232. The zero-order valence-corrected chi connectivity index (χ0v) is 13.8. The summed E-state index contributed by atoms with van der Waals surface area (Å²) in [4.78, 5) is 45.9. The molecule has 0 aromatic heterocycles. The molecule has 2 unspecified atom stereocenters. The molecule has 0 saturated heterocycles. The molecule has 0 bridgehead atoms. The highest BCUT2D eigenvalue weighted by molar-refractivity contribution is 5.71. The van der Waals surface area contributed by atoms with Crippen molar-refractivity contribution < 1.29 is 59.7 Å². The minimum Gasteiger partial charge on any atom is -0.481 e. The second-order valence-corrected chi connectivity index (χ2v) is 3.59. The van der Waals surface area contributed by atoms with Gasteiger partial charge in [0, 0.05) is 20.8 Å². The molecule has 0 radical (unpaired) electrons. The van der Waals surface area contributed by atoms with E-state index in [1.54, 1.807) is 0 Å². The first-order chi connectivity index (χ1) is 10.5. The lowest BCUT2D eigenvalue weighted by molar-refractivity contribution is -0.146. The van der Waals surface area contributed by atoms with Gasteiger partial charge < -0.3 is 35.7 Å². The van der Waals surface area contributed by atoms with Gasteiger partial charge in [0.15, 0.2) is 0 Å². The van der Waals surface area contributed by atoms with E-state index in [4.69, 9.17) is 50.1 Å². The molecule has 0 aliphatic carbocycles. The van der Waals surface area contributed by atoms with Crippen LogP contribution in [0.15, 0.2) is 0 Å². The fourth-order valence-corrected chi connectivity index (χ4v) is 0. The molecule has 24 heavy (non-hydrogen) atoms. The fourth-order valence-electron chi connectivity index (χ4n) is 0. The zero-order valence-electron chi connectivity index (χ0n) is 13.8. The van der Waals surface area contributed by atoms with Crippen LogP contribution < -0.4 is 0 Å². The van der Waals surface area contributed by atoms with Crippen molar-refractivity contribution in [3.8, 4) is 0 Å². The van der Waals surface area contributed by atoms with Gasteiger partial charge in [-0.1, -0.05) is 0 Å². The number of aliphatic carboxylic acids is 5. The molecule has 0 rings (SSSR count). The molecule has 144 valence electrons. The standard InChI is InChI=1S/2C3H6O3.3C2H4O2/c2*1-2(4)3(5)6;3*1-2(3)4/h2*2,4H,1H3,(H,5,6);3*1H3,(H,3,4). The largest absolute Gasteiger partial charge is 0.481 e. The van der Waals surface area contributed by atoms with E-state index >= 15 is 0 Å². The van der Waals surface area contributed by atoms with Crippen molar-refractivity contribution in [2.24, 2.45) is 0 Å². The van der Waals surface area contributed by atoms with Crippen molar-refractivity contribution in [2.75, 3.05) is 0 Å². The smallest absolute Gasteiger partial charge is 0.332 e. The van der Waals surface area contributed by atoms with Gasteiger partial charge in [0.25, 0.3) is 17.9 Å². The van der Waals surface area contributed by atoms with Crippen LogP contribution in [0.4, 0.5) is 0 Å². The average Bonchev–Trinajstić information content (AvgIpc) is 2.26. The molecule has 0 amide bonds. The Morgan fingerprint density at radius 1 is 0.542 bits per heavy atom. The minimum absolute atomic E-state index is 0.833. The second-order valence-electron chi connectivity index (χ2n) is 3.59. The van der Waals surface area contributed by atoms with E-state index in [0.717, 1.165) is 20.8 Å². The highest BCUT2D eigenvalue weighted by atomic mass is 16.4. The Balaban J connectivity index is -0.0000000637. The van der Waals surface area contributed by atoms with Crippen LogP contribution in [0.3, 0.4) is 0 Å². The molecule has 0 aromatic rings. The Hall–Kier alpha value is -2.73. The molecule has 0 fully saturated rings. The lowest BCUT2D eigenvalue weighted by Crippen LogP contribution is -2.13. The number of carbonyl (C=O) groups is 5. The lowest BCUT2D eigenvalue weighted by Gasteiger charge is -1.89. The molecule has 0 heterocycles. The predicted octanol–water partition coefficient (Wildman–Crippen LogP) is -0.824. The van der Waals surface area contributed by atoms with E-state index < -0.39 is 42.1 Å². The van der Waals surface area contributed by atoms with Crippen LogP contribution in [-0.4, -0.2) is 77.8 Å². The summed E-state index contributed by atoms with van der Waals surface area (Å²) in [7, 11) is 0. The van der Waals surface area contributed by atoms with Crippen LogP contribution in [-0.2, 0) is 24.0 Å². The molecule has 7 N–H and O–H groups in total. The topological polar surface area (TPSA) is 227 Å². The summed E-state index contributed by atoms with van der Waals surface area (Å²) in [6.07, 6.45) is -2.46. The van der Waals surface area contributed by atoms with Crippen molar-refractivity contribution in [1.29, 1.82) is 0 Å². The Morgan fingerprint density at radius 3 is 0.583 bits per heavy atom. The summed E-state index contributed by atoms with van der Waals surface area (Å²) in [5, 5.41) is 53.8. The third-order valence-corrected chi connectivity index (χ3v) is 0.715. The quantitative estimate of drug-likeness (QED) is 0.320. The van der Waals surface area contributed by atoms with Crippen molar-refractivity contribution in [1.82, 2.24) is 0 Å². The van der Waals surface area contributed by atoms with Gasteiger partial charge in [-0.05, 0) is 13.8 Å². The van der Waals surface area contributed by atoms with Crippen LogP contribution in [0.2, 0.25) is 0 Å². The summed E-state index contributed by atoms with van der Waals surface area (Å²) in [6, 6.07) is 0. The van der Waals surface area contributed by atoms with Crippen molar-refractivity contribution in [3.05, 3.63) is 0 Å². The van der Waals surface area contributed by atoms with Crippen LogP contribution in [0.25, 0.3) is 0 Å². The number of carboxylic acids is 5. The normalized spacial score (nSPS) is 9.96. The Morgan fingerprint density at radius 2 is 0.583 bits per heavy atom. The molecule has 0 aliphatic rings. The molecule has 2 atom stereocenters. The van der Waals surface area contributed by atoms with E-state index in [1.165, 1.54) is 13.8 Å². The van der Waals surface area contributed by atoms with Crippen LogP contribution in [0, 0.1) is 0 Å². The summed E-state index contributed by atoms with van der Waals surface area (Å²) in [6.45, 7) is 5.64. The van der Waals surface area contributed by atoms with E-state index in [1.807, 2.05) is 0 Å². The maximum atomic E-state index is 9.45. The highest BCUT2D eigenvalue weighted by Crippen LogP contribution is 1.73. The first-order valence-corrected chi connectivity index (χ1v) is 5.89. The summed E-state index contributed by atoms with van der Waals surface area (Å²) in [5.74, 6) is -4.87. The zero-order chi connectivity index (χ0) is 21.0. The lowest BCUT2D eigenvalue weighted by atomic mass is 10.4. The number of aliphatic hydroxyl groups excluding tert-OH is 2. The molecule has 12 heteroatoms. The molecule has 12 nitrogen and oxygen atoms in total. The van der Waals surface area contributed by atoms with Gasteiger partial charge in [-0.25, -0.2) is 9.59 Å². The van der Waals surface area contributed by atoms with Gasteiger partial charge in [-0.2, -0.15) is 0 Å². The number of hydrogen-bond acceptors (Lipinski definition) is 7. The Labute approximate surface area is 137 Å². The molecule has 0 spiro atoms. The van der Waals surface area contributed by atoms with Crippen LogP contribution >= 0.6 is 0 Å². The molecular formula is C12H24O12. The Kier molecular flexibility index (Phi) is 31.0. The van der Waals surface area contributed by atoms with Crippen LogP contribution in [0.1, 0.15) is 34.6 Å². The van der Waals surface area contributed by atoms with Crippen molar-refractivity contribution in [3.63, 3.8) is 0 Å². The average molecular weight is 360 g/mol. The van der Waals surface area contributed by atoms with E-state index in [9.17, 15) is 9.59 Å². The predicted molar refractivity (Wildman–Crippen MR) is 78.6 cm³/mol. The SMILES string of the molecule is CC(=O)O.CC(=O)O.CC(=O)O.CC(O)C(=O)O.CC(O)C(=O)O. The van der Waals surface area contributed by atoms with Crippen LogP contribution in [0.5, 0.6) is 0 Å². The summed E-state index contributed by atoms with van der Waals surface area (Å²) < 4.78 is 0. The summed E-state index contributed by atoms with van der Waals surface area (Å²) >= 11 is 0. The first-order valence-electron chi connectivity index (χ1n) is 5.89. The second kappa shape index (κ2) is 22.5. The number of rotatable bonds is 2. The number of carboxylic acid groups (broad SMARTS) is 5. The fraction of sp³-hybridized carbons (Fsp3) is 0.583. The van der Waals surface area contributed by atoms with Gasteiger partial charge in [-0.15, -0.1) is 0 Å². The maximum absolute atomic E-state index is 9.45. The van der Waals surface area contributed by atoms with Gasteiger partial charge in [-0.3, -0.25) is 14.4 Å². The van der Waals surface area contributed by atoms with E-state index in [2.05, 4.69) is 0 Å². The van der Waals surface area contributed by atoms with Gasteiger partial charge in [0.05, 0.1) is 0 Å². The maximum Gasteiger partial charge on any atom is 0.332 e. The number of hydrogen-bond donors (Lipinski definition) is 7. The first kappa shape index (κ1) is 33.0. The highest BCUT2D eigenvalue weighted by Gasteiger charge is 2.02. The summed E-state index contributed by atoms with van der Waals surface area (Å²) in [5.41, 5.74) is 0. The van der Waals surface area contributed by atoms with Gasteiger partial charge >= 0.3 is 11.9 Å². The molecule has 0 saturated carbocycles. The molecular weight excluding hydrogens is 336 g/mol. The van der Waals surface area contributed by atoms with E-state index in [-0.39, 0.29) is 0 Å². The van der Waals surface area contributed by atoms with Crippen molar-refractivity contribution >= 4 is 29.8 Å². The molecule has 0 aromatic carbocycles. The monoisotopic (exact) mass is 360 g/mol. The number of aliphatic hydroxyl groups is 2.